The second-order valence-electron chi connectivity index (χ2n) is 4.36. The van der Waals surface area contributed by atoms with Gasteiger partial charge in [0.25, 0.3) is 5.91 Å². The van der Waals surface area contributed by atoms with Gasteiger partial charge in [-0.3, -0.25) is 4.79 Å². The lowest BCUT2D eigenvalue weighted by Crippen LogP contribution is -2.57. The van der Waals surface area contributed by atoms with E-state index in [1.54, 1.807) is 14.0 Å². The molecule has 0 aromatic rings. The van der Waals surface area contributed by atoms with Crippen LogP contribution in [0.2, 0.25) is 0 Å². The van der Waals surface area contributed by atoms with Gasteiger partial charge in [-0.2, -0.15) is 0 Å². The molecule has 2 atom stereocenters. The highest BCUT2D eigenvalue weighted by atomic mass is 16.5. The Labute approximate surface area is 92.6 Å². The highest BCUT2D eigenvalue weighted by Crippen LogP contribution is 2.17. The Balaban J connectivity index is 4.60. The zero-order valence-electron chi connectivity index (χ0n) is 10.5. The first-order valence-corrected chi connectivity index (χ1v) is 5.45. The minimum Gasteiger partial charge on any atom is -0.369 e. The van der Waals surface area contributed by atoms with Gasteiger partial charge < -0.3 is 15.8 Å². The number of hydrogen-bond donors (Lipinski definition) is 2. The topological polar surface area (TPSA) is 64.3 Å². The molecule has 0 bridgehead atoms. The van der Waals surface area contributed by atoms with E-state index in [1.165, 1.54) is 0 Å². The van der Waals surface area contributed by atoms with Crippen LogP contribution in [0.1, 0.15) is 40.5 Å². The first-order valence-electron chi connectivity index (χ1n) is 5.45. The van der Waals surface area contributed by atoms with Crippen LogP contribution in [0, 0.1) is 0 Å². The number of ether oxygens (including phenoxy) is 1. The van der Waals surface area contributed by atoms with Gasteiger partial charge in [0, 0.05) is 19.2 Å². The Bertz CT molecular complexity index is 209. The standard InChI is InChI=1S/C11H24N2O2/c1-6-10(3,8-12)13-9(14)11(4,7-2)15-5/h6-8,12H2,1-5H3,(H,13,14). The molecule has 4 nitrogen and oxygen atoms in total. The molecule has 2 unspecified atom stereocenters. The number of methoxy groups -OCH3 is 1. The van der Waals surface area contributed by atoms with Crippen molar-refractivity contribution in [1.82, 2.24) is 5.32 Å². The summed E-state index contributed by atoms with van der Waals surface area (Å²) in [6.07, 6.45) is 1.44. The van der Waals surface area contributed by atoms with E-state index in [9.17, 15) is 4.79 Å². The van der Waals surface area contributed by atoms with Gasteiger partial charge in [0.05, 0.1) is 0 Å². The van der Waals surface area contributed by atoms with Gasteiger partial charge >= 0.3 is 0 Å². The van der Waals surface area contributed by atoms with Crippen LogP contribution in [0.25, 0.3) is 0 Å². The summed E-state index contributed by atoms with van der Waals surface area (Å²) in [4.78, 5) is 12.0. The summed E-state index contributed by atoms with van der Waals surface area (Å²) in [7, 11) is 1.55. The number of rotatable bonds is 6. The summed E-state index contributed by atoms with van der Waals surface area (Å²) in [5, 5.41) is 2.95. The molecule has 90 valence electrons. The van der Waals surface area contributed by atoms with Crippen molar-refractivity contribution in [2.45, 2.75) is 51.7 Å². The SMILES string of the molecule is CCC(C)(CN)NC(=O)C(C)(CC)OC. The lowest BCUT2D eigenvalue weighted by atomic mass is 9.95. The third kappa shape index (κ3) is 3.47. The largest absolute Gasteiger partial charge is 0.369 e. The van der Waals surface area contributed by atoms with Crippen molar-refractivity contribution in [1.29, 1.82) is 0 Å². The summed E-state index contributed by atoms with van der Waals surface area (Å²) < 4.78 is 5.23. The molecule has 0 rings (SSSR count). The molecule has 0 aromatic heterocycles. The normalized spacial score (nSPS) is 19.1. The van der Waals surface area contributed by atoms with Crippen molar-refractivity contribution in [2.75, 3.05) is 13.7 Å². The molecule has 0 heterocycles. The molecule has 0 aliphatic carbocycles. The number of nitrogens with two attached hydrogens (primary N) is 1. The summed E-state index contributed by atoms with van der Waals surface area (Å²) in [5.41, 5.74) is 4.54. The fourth-order valence-electron chi connectivity index (χ4n) is 1.09. The van der Waals surface area contributed by atoms with E-state index in [0.717, 1.165) is 6.42 Å². The smallest absolute Gasteiger partial charge is 0.252 e. The van der Waals surface area contributed by atoms with E-state index in [1.807, 2.05) is 20.8 Å². The number of carbonyl (C=O) groups is 1. The molecule has 0 aliphatic heterocycles. The minimum absolute atomic E-state index is 0.0951. The summed E-state index contributed by atoms with van der Waals surface area (Å²) >= 11 is 0. The predicted molar refractivity (Wildman–Crippen MR) is 61.6 cm³/mol. The molecule has 3 N–H and O–H groups in total. The Morgan fingerprint density at radius 3 is 2.13 bits per heavy atom. The van der Waals surface area contributed by atoms with Crippen molar-refractivity contribution >= 4 is 5.91 Å². The average molecular weight is 216 g/mol. The maximum atomic E-state index is 12.0. The lowest BCUT2D eigenvalue weighted by molar-refractivity contribution is -0.143. The second kappa shape index (κ2) is 5.47. The monoisotopic (exact) mass is 216 g/mol. The quantitative estimate of drug-likeness (QED) is 0.697. The number of amides is 1. The van der Waals surface area contributed by atoms with Crippen LogP contribution in [-0.2, 0) is 9.53 Å². The Morgan fingerprint density at radius 1 is 1.33 bits per heavy atom. The maximum absolute atomic E-state index is 12.0. The summed E-state index contributed by atoms with van der Waals surface area (Å²) in [5.74, 6) is -0.0951. The van der Waals surface area contributed by atoms with E-state index in [0.29, 0.717) is 13.0 Å². The van der Waals surface area contributed by atoms with E-state index in [-0.39, 0.29) is 11.4 Å². The highest BCUT2D eigenvalue weighted by molar-refractivity contribution is 5.85. The third-order valence-corrected chi connectivity index (χ3v) is 3.25. The van der Waals surface area contributed by atoms with E-state index >= 15 is 0 Å². The third-order valence-electron chi connectivity index (χ3n) is 3.25. The maximum Gasteiger partial charge on any atom is 0.252 e. The summed E-state index contributed by atoms with van der Waals surface area (Å²) in [6.45, 7) is 8.09. The molecule has 0 aliphatic rings. The highest BCUT2D eigenvalue weighted by Gasteiger charge is 2.35. The molecule has 0 radical (unpaired) electrons. The predicted octanol–water partition coefficient (Wildman–Crippen LogP) is 1.05. The van der Waals surface area contributed by atoms with Crippen LogP contribution in [0.15, 0.2) is 0 Å². The molecule has 0 aromatic carbocycles. The van der Waals surface area contributed by atoms with Crippen molar-refractivity contribution in [3.05, 3.63) is 0 Å². The van der Waals surface area contributed by atoms with Gasteiger partial charge in [-0.1, -0.05) is 13.8 Å². The van der Waals surface area contributed by atoms with Crippen LogP contribution in [0.4, 0.5) is 0 Å². The fourth-order valence-corrected chi connectivity index (χ4v) is 1.09. The second-order valence-corrected chi connectivity index (χ2v) is 4.36. The van der Waals surface area contributed by atoms with Gasteiger partial charge in [-0.25, -0.2) is 0 Å². The van der Waals surface area contributed by atoms with Crippen molar-refractivity contribution in [3.8, 4) is 0 Å². The van der Waals surface area contributed by atoms with Crippen molar-refractivity contribution in [3.63, 3.8) is 0 Å². The zero-order chi connectivity index (χ0) is 12.1. The van der Waals surface area contributed by atoms with Gasteiger partial charge in [-0.15, -0.1) is 0 Å². The molecule has 4 heteroatoms. The molecular weight excluding hydrogens is 192 g/mol. The molecule has 1 amide bonds. The van der Waals surface area contributed by atoms with Crippen LogP contribution < -0.4 is 11.1 Å². The Kier molecular flexibility index (Phi) is 5.24. The van der Waals surface area contributed by atoms with Gasteiger partial charge in [0.1, 0.15) is 5.60 Å². The van der Waals surface area contributed by atoms with Crippen LogP contribution in [0.3, 0.4) is 0 Å². The van der Waals surface area contributed by atoms with Crippen LogP contribution in [-0.4, -0.2) is 30.7 Å². The fraction of sp³-hybridized carbons (Fsp3) is 0.909. The lowest BCUT2D eigenvalue weighted by Gasteiger charge is -2.33. The zero-order valence-corrected chi connectivity index (χ0v) is 10.5. The minimum atomic E-state index is -0.758. The van der Waals surface area contributed by atoms with Crippen LogP contribution >= 0.6 is 0 Å². The molecule has 15 heavy (non-hydrogen) atoms. The molecule has 0 spiro atoms. The molecule has 0 saturated heterocycles. The van der Waals surface area contributed by atoms with E-state index in [4.69, 9.17) is 10.5 Å². The van der Waals surface area contributed by atoms with Gasteiger partial charge in [-0.05, 0) is 26.7 Å². The first kappa shape index (κ1) is 14.4. The van der Waals surface area contributed by atoms with Crippen molar-refractivity contribution in [2.24, 2.45) is 5.73 Å². The Morgan fingerprint density at radius 2 is 1.87 bits per heavy atom. The number of nitrogens with one attached hydrogen (secondary N) is 1. The molecule has 0 fully saturated rings. The molecule has 0 saturated carbocycles. The summed E-state index contributed by atoms with van der Waals surface area (Å²) in [6, 6.07) is 0. The van der Waals surface area contributed by atoms with E-state index in [2.05, 4.69) is 5.32 Å². The van der Waals surface area contributed by atoms with Gasteiger partial charge in [0.15, 0.2) is 0 Å². The average Bonchev–Trinajstić information content (AvgIpc) is 2.27. The number of carbonyl (C=O) groups excluding carboxylic acids is 1. The Hall–Kier alpha value is -0.610. The van der Waals surface area contributed by atoms with Gasteiger partial charge in [0.2, 0.25) is 0 Å². The first-order chi connectivity index (χ1) is 6.87. The van der Waals surface area contributed by atoms with E-state index < -0.39 is 5.60 Å². The molecular formula is C11H24N2O2. The number of hydrogen-bond acceptors (Lipinski definition) is 3. The van der Waals surface area contributed by atoms with Crippen LogP contribution in [0.5, 0.6) is 0 Å². The van der Waals surface area contributed by atoms with Crippen molar-refractivity contribution < 1.29 is 9.53 Å².